The Bertz CT molecular complexity index is 1780. The molecular formula is C43H37N. The van der Waals surface area contributed by atoms with Gasteiger partial charge in [0.1, 0.15) is 0 Å². The molecule has 0 N–H and O–H groups in total. The van der Waals surface area contributed by atoms with Gasteiger partial charge < -0.3 is 4.90 Å². The monoisotopic (exact) mass is 567 g/mol. The highest BCUT2D eigenvalue weighted by Gasteiger charge is 2.35. The summed E-state index contributed by atoms with van der Waals surface area (Å²) in [5.74, 6) is 0.512. The van der Waals surface area contributed by atoms with E-state index in [0.29, 0.717) is 0 Å². The lowest BCUT2D eigenvalue weighted by atomic mass is 9.76. The second-order valence-electron chi connectivity index (χ2n) is 12.0. The van der Waals surface area contributed by atoms with Crippen molar-refractivity contribution in [3.63, 3.8) is 0 Å². The van der Waals surface area contributed by atoms with Gasteiger partial charge in [0, 0.05) is 28.9 Å². The Morgan fingerprint density at radius 3 is 1.50 bits per heavy atom. The number of hydrogen-bond acceptors (Lipinski definition) is 1. The number of aryl methyl sites for hydroxylation is 2. The van der Waals surface area contributed by atoms with Crippen LogP contribution in [0.15, 0.2) is 163 Å². The first kappa shape index (κ1) is 27.7. The number of hydrogen-bond donors (Lipinski definition) is 0. The van der Waals surface area contributed by atoms with Crippen LogP contribution in [0.4, 0.5) is 17.1 Å². The molecule has 0 saturated heterocycles. The average molecular weight is 568 g/mol. The molecule has 214 valence electrons. The molecule has 0 bridgehead atoms. The predicted molar refractivity (Wildman–Crippen MR) is 186 cm³/mol. The largest absolute Gasteiger partial charge is 0.311 e. The van der Waals surface area contributed by atoms with Gasteiger partial charge in [-0.2, -0.15) is 0 Å². The highest BCUT2D eigenvalue weighted by Crippen LogP contribution is 2.49. The molecule has 1 unspecified atom stereocenters. The van der Waals surface area contributed by atoms with E-state index in [2.05, 4.69) is 183 Å². The third kappa shape index (κ3) is 5.62. The lowest BCUT2D eigenvalue weighted by Crippen LogP contribution is -2.12. The molecular weight excluding hydrogens is 530 g/mol. The molecule has 0 fully saturated rings. The standard InChI is InChI=1S/C43H37N/c1-31-17-23-38(24-18-31)44(39-25-19-32(2)20-26-39)40-27-21-33(22-28-40)29-37-30-36-15-9-10-16-41(36)43(37)42(34-11-5-3-6-12-34)35-13-7-4-8-14-35/h3-29,42-43H,30H2,1-2H3. The molecule has 0 amide bonds. The Kier molecular flexibility index (Phi) is 7.69. The summed E-state index contributed by atoms with van der Waals surface area (Å²) in [6.07, 6.45) is 3.41. The summed E-state index contributed by atoms with van der Waals surface area (Å²) in [6, 6.07) is 57.7. The molecule has 1 heteroatoms. The van der Waals surface area contributed by atoms with Gasteiger partial charge in [0.15, 0.2) is 0 Å². The molecule has 0 aromatic heterocycles. The zero-order valence-corrected chi connectivity index (χ0v) is 25.4. The van der Waals surface area contributed by atoms with Crippen LogP contribution in [0.5, 0.6) is 0 Å². The van der Waals surface area contributed by atoms with Crippen molar-refractivity contribution in [3.8, 4) is 0 Å². The number of rotatable bonds is 7. The highest BCUT2D eigenvalue weighted by atomic mass is 15.1. The molecule has 44 heavy (non-hydrogen) atoms. The first-order valence-corrected chi connectivity index (χ1v) is 15.6. The minimum atomic E-state index is 0.241. The van der Waals surface area contributed by atoms with Gasteiger partial charge in [-0.25, -0.2) is 0 Å². The quantitative estimate of drug-likeness (QED) is 0.185. The fourth-order valence-corrected chi connectivity index (χ4v) is 6.73. The van der Waals surface area contributed by atoms with E-state index in [-0.39, 0.29) is 11.8 Å². The Balaban J connectivity index is 1.29. The minimum absolute atomic E-state index is 0.241. The highest BCUT2D eigenvalue weighted by molar-refractivity contribution is 5.77. The number of anilines is 3. The summed E-state index contributed by atoms with van der Waals surface area (Å²) in [5.41, 5.74) is 14.3. The fourth-order valence-electron chi connectivity index (χ4n) is 6.73. The molecule has 6 aromatic rings. The molecule has 1 atom stereocenters. The number of benzene rings is 6. The van der Waals surface area contributed by atoms with Gasteiger partial charge >= 0.3 is 0 Å². The zero-order valence-electron chi connectivity index (χ0n) is 25.4. The minimum Gasteiger partial charge on any atom is -0.311 e. The Hall–Kier alpha value is -5.14. The maximum absolute atomic E-state index is 2.44. The molecule has 6 aromatic carbocycles. The van der Waals surface area contributed by atoms with E-state index in [1.54, 1.807) is 0 Å². The second kappa shape index (κ2) is 12.2. The zero-order chi connectivity index (χ0) is 29.9. The van der Waals surface area contributed by atoms with Crippen molar-refractivity contribution in [2.75, 3.05) is 4.90 Å². The predicted octanol–water partition coefficient (Wildman–Crippen LogP) is 11.3. The van der Waals surface area contributed by atoms with E-state index < -0.39 is 0 Å². The Morgan fingerprint density at radius 1 is 0.523 bits per heavy atom. The van der Waals surface area contributed by atoms with Crippen molar-refractivity contribution in [1.82, 2.24) is 0 Å². The number of nitrogens with zero attached hydrogens (tertiary/aromatic N) is 1. The van der Waals surface area contributed by atoms with Crippen LogP contribution in [0.3, 0.4) is 0 Å². The molecule has 0 spiro atoms. The van der Waals surface area contributed by atoms with E-state index >= 15 is 0 Å². The van der Waals surface area contributed by atoms with Crippen molar-refractivity contribution in [2.45, 2.75) is 32.1 Å². The lowest BCUT2D eigenvalue weighted by Gasteiger charge is -2.28. The van der Waals surface area contributed by atoms with Crippen LogP contribution in [0.1, 0.15) is 50.8 Å². The van der Waals surface area contributed by atoms with Crippen molar-refractivity contribution in [1.29, 1.82) is 0 Å². The second-order valence-corrected chi connectivity index (χ2v) is 12.0. The molecule has 0 radical (unpaired) electrons. The summed E-state index contributed by atoms with van der Waals surface area (Å²) >= 11 is 0. The maximum Gasteiger partial charge on any atom is 0.0462 e. The fraction of sp³-hybridized carbons (Fsp3) is 0.116. The summed E-state index contributed by atoms with van der Waals surface area (Å²) in [6.45, 7) is 4.27. The van der Waals surface area contributed by atoms with Crippen LogP contribution >= 0.6 is 0 Å². The molecule has 7 rings (SSSR count). The van der Waals surface area contributed by atoms with Crippen molar-refractivity contribution in [3.05, 3.63) is 202 Å². The molecule has 1 aliphatic rings. The molecule has 1 nitrogen and oxygen atoms in total. The van der Waals surface area contributed by atoms with E-state index in [4.69, 9.17) is 0 Å². The van der Waals surface area contributed by atoms with Gasteiger partial charge in [0.05, 0.1) is 0 Å². The summed E-state index contributed by atoms with van der Waals surface area (Å²) in [7, 11) is 0. The topological polar surface area (TPSA) is 3.24 Å². The first-order valence-electron chi connectivity index (χ1n) is 15.6. The van der Waals surface area contributed by atoms with Gasteiger partial charge in [-0.1, -0.05) is 144 Å². The van der Waals surface area contributed by atoms with Gasteiger partial charge in [-0.15, -0.1) is 0 Å². The molecule has 0 saturated carbocycles. The summed E-state index contributed by atoms with van der Waals surface area (Å²) < 4.78 is 0. The Labute approximate surface area is 261 Å². The van der Waals surface area contributed by atoms with Crippen LogP contribution in [-0.2, 0) is 6.42 Å². The first-order chi connectivity index (χ1) is 21.6. The SMILES string of the molecule is Cc1ccc(N(c2ccc(C)cc2)c2ccc(C=C3Cc4ccccc4C3C(c3ccccc3)c3ccccc3)cc2)cc1. The van der Waals surface area contributed by atoms with Crippen molar-refractivity contribution >= 4 is 23.1 Å². The van der Waals surface area contributed by atoms with E-state index in [9.17, 15) is 0 Å². The van der Waals surface area contributed by atoms with Gasteiger partial charge in [0.2, 0.25) is 0 Å². The van der Waals surface area contributed by atoms with Crippen LogP contribution in [-0.4, -0.2) is 0 Å². The van der Waals surface area contributed by atoms with Gasteiger partial charge in [0.25, 0.3) is 0 Å². The molecule has 1 aliphatic carbocycles. The van der Waals surface area contributed by atoms with Crippen LogP contribution in [0.25, 0.3) is 6.08 Å². The van der Waals surface area contributed by atoms with Crippen molar-refractivity contribution < 1.29 is 0 Å². The smallest absolute Gasteiger partial charge is 0.0462 e. The average Bonchev–Trinajstić information content (AvgIpc) is 3.42. The van der Waals surface area contributed by atoms with Gasteiger partial charge in [-0.3, -0.25) is 0 Å². The Morgan fingerprint density at radius 2 is 0.977 bits per heavy atom. The van der Waals surface area contributed by atoms with Crippen LogP contribution in [0.2, 0.25) is 0 Å². The number of allylic oxidation sites excluding steroid dienone is 1. The van der Waals surface area contributed by atoms with Crippen LogP contribution in [0, 0.1) is 13.8 Å². The normalized spacial score (nSPS) is 15.0. The van der Waals surface area contributed by atoms with E-state index in [1.807, 2.05) is 0 Å². The van der Waals surface area contributed by atoms with Crippen molar-refractivity contribution in [2.24, 2.45) is 0 Å². The van der Waals surface area contributed by atoms with E-state index in [0.717, 1.165) is 23.5 Å². The summed E-state index contributed by atoms with van der Waals surface area (Å²) in [4.78, 5) is 2.34. The third-order valence-corrected chi connectivity index (χ3v) is 8.92. The number of fused-ring (bicyclic) bond motifs is 1. The third-order valence-electron chi connectivity index (χ3n) is 8.92. The lowest BCUT2D eigenvalue weighted by molar-refractivity contribution is 0.700. The maximum atomic E-state index is 2.44. The molecule has 0 aliphatic heterocycles. The molecule has 0 heterocycles. The van der Waals surface area contributed by atoms with Gasteiger partial charge in [-0.05, 0) is 84.5 Å². The van der Waals surface area contributed by atoms with Crippen LogP contribution < -0.4 is 4.90 Å². The van der Waals surface area contributed by atoms with E-state index in [1.165, 1.54) is 44.5 Å². The summed E-state index contributed by atoms with van der Waals surface area (Å²) in [5, 5.41) is 0.